The minimum atomic E-state index is 0.616. The van der Waals surface area contributed by atoms with Crippen molar-refractivity contribution in [3.8, 4) is 16.9 Å². The molecule has 0 spiro atoms. The number of benzene rings is 2. The standard InChI is InChI=1S/C24H31N3O/c1-5-9-21(10-6-2)27-18-20-14-13-19(17-24(20)28-16-15-25-3)22-11-7-8-12-23(22)26-4/h5-14,17,25-27H,1,15-16,18H2,2-4H3/b10-6-,21-9+. The topological polar surface area (TPSA) is 45.3 Å². The van der Waals surface area contributed by atoms with E-state index in [0.29, 0.717) is 13.2 Å². The summed E-state index contributed by atoms with van der Waals surface area (Å²) in [5.41, 5.74) is 5.51. The molecular weight excluding hydrogens is 346 g/mol. The van der Waals surface area contributed by atoms with Gasteiger partial charge in [0.05, 0.1) is 0 Å². The molecule has 2 aromatic carbocycles. The fourth-order valence-corrected chi connectivity index (χ4v) is 2.90. The van der Waals surface area contributed by atoms with Gasteiger partial charge in [-0.1, -0.05) is 49.1 Å². The number of nitrogens with one attached hydrogen (secondary N) is 3. The minimum Gasteiger partial charge on any atom is -0.492 e. The van der Waals surface area contributed by atoms with Crippen LogP contribution in [0.1, 0.15) is 12.5 Å². The molecule has 28 heavy (non-hydrogen) atoms. The molecule has 0 saturated carbocycles. The Bertz CT molecular complexity index is 824. The molecule has 148 valence electrons. The van der Waals surface area contributed by atoms with Crippen molar-refractivity contribution in [2.45, 2.75) is 13.5 Å². The Morgan fingerprint density at radius 1 is 1.14 bits per heavy atom. The predicted molar refractivity (Wildman–Crippen MR) is 121 cm³/mol. The Kier molecular flexibility index (Phi) is 8.89. The number of likely N-dealkylation sites (N-methyl/N-ethyl adjacent to an activating group) is 1. The summed E-state index contributed by atoms with van der Waals surface area (Å²) in [6, 6.07) is 14.7. The number of ether oxygens (including phenoxy) is 1. The number of hydrogen-bond donors (Lipinski definition) is 3. The van der Waals surface area contributed by atoms with Crippen molar-refractivity contribution in [1.29, 1.82) is 0 Å². The van der Waals surface area contributed by atoms with Crippen LogP contribution in [-0.2, 0) is 6.54 Å². The molecule has 0 amide bonds. The van der Waals surface area contributed by atoms with Gasteiger partial charge in [-0.25, -0.2) is 0 Å². The fourth-order valence-electron chi connectivity index (χ4n) is 2.90. The van der Waals surface area contributed by atoms with Crippen LogP contribution in [0.2, 0.25) is 0 Å². The lowest BCUT2D eigenvalue weighted by atomic mass is 10.0. The highest BCUT2D eigenvalue weighted by Gasteiger charge is 2.09. The van der Waals surface area contributed by atoms with Gasteiger partial charge < -0.3 is 20.7 Å². The summed E-state index contributed by atoms with van der Waals surface area (Å²) >= 11 is 0. The quantitative estimate of drug-likeness (QED) is 0.391. The monoisotopic (exact) mass is 377 g/mol. The van der Waals surface area contributed by atoms with Crippen LogP contribution in [-0.4, -0.2) is 27.2 Å². The second-order valence-electron chi connectivity index (χ2n) is 6.28. The molecule has 3 N–H and O–H groups in total. The Hall–Kier alpha value is -2.98. The smallest absolute Gasteiger partial charge is 0.124 e. The third-order valence-corrected chi connectivity index (χ3v) is 4.31. The lowest BCUT2D eigenvalue weighted by Crippen LogP contribution is -2.17. The van der Waals surface area contributed by atoms with Crippen LogP contribution >= 0.6 is 0 Å². The van der Waals surface area contributed by atoms with Crippen LogP contribution in [0.25, 0.3) is 11.1 Å². The maximum absolute atomic E-state index is 6.08. The van der Waals surface area contributed by atoms with Gasteiger partial charge in [0.2, 0.25) is 0 Å². The maximum Gasteiger partial charge on any atom is 0.124 e. The van der Waals surface area contributed by atoms with Crippen molar-refractivity contribution < 1.29 is 4.74 Å². The van der Waals surface area contributed by atoms with E-state index in [4.69, 9.17) is 4.74 Å². The second kappa shape index (κ2) is 11.7. The van der Waals surface area contributed by atoms with Crippen molar-refractivity contribution in [2.24, 2.45) is 0 Å². The summed E-state index contributed by atoms with van der Waals surface area (Å²) in [6.45, 7) is 7.86. The molecule has 0 aromatic heterocycles. The van der Waals surface area contributed by atoms with Crippen LogP contribution in [0.15, 0.2) is 79.0 Å². The molecule has 0 aliphatic heterocycles. The molecule has 0 saturated heterocycles. The third-order valence-electron chi connectivity index (χ3n) is 4.31. The van der Waals surface area contributed by atoms with Crippen molar-refractivity contribution >= 4 is 5.69 Å². The van der Waals surface area contributed by atoms with Crippen LogP contribution < -0.4 is 20.7 Å². The summed E-state index contributed by atoms with van der Waals surface area (Å²) in [7, 11) is 3.87. The van der Waals surface area contributed by atoms with Crippen LogP contribution in [0.5, 0.6) is 5.75 Å². The highest BCUT2D eigenvalue weighted by Crippen LogP contribution is 2.32. The highest BCUT2D eigenvalue weighted by atomic mass is 16.5. The van der Waals surface area contributed by atoms with Gasteiger partial charge in [0.1, 0.15) is 12.4 Å². The van der Waals surface area contributed by atoms with Gasteiger partial charge in [-0.05, 0) is 43.8 Å². The first-order chi connectivity index (χ1) is 13.7. The molecule has 0 unspecified atom stereocenters. The van der Waals surface area contributed by atoms with Crippen molar-refractivity contribution in [1.82, 2.24) is 10.6 Å². The number of hydrogen-bond acceptors (Lipinski definition) is 4. The van der Waals surface area contributed by atoms with Crippen LogP contribution in [0.4, 0.5) is 5.69 Å². The predicted octanol–water partition coefficient (Wildman–Crippen LogP) is 4.73. The molecule has 4 nitrogen and oxygen atoms in total. The number of para-hydroxylation sites is 1. The molecule has 0 aliphatic carbocycles. The zero-order valence-corrected chi connectivity index (χ0v) is 17.1. The largest absolute Gasteiger partial charge is 0.492 e. The molecular formula is C24H31N3O. The number of anilines is 1. The molecule has 0 bridgehead atoms. The van der Waals surface area contributed by atoms with E-state index >= 15 is 0 Å². The highest BCUT2D eigenvalue weighted by molar-refractivity contribution is 5.78. The second-order valence-corrected chi connectivity index (χ2v) is 6.28. The summed E-state index contributed by atoms with van der Waals surface area (Å²) in [5, 5.41) is 9.83. The summed E-state index contributed by atoms with van der Waals surface area (Å²) in [5.74, 6) is 0.893. The Balaban J connectivity index is 2.31. The van der Waals surface area contributed by atoms with Crippen molar-refractivity contribution in [3.05, 3.63) is 84.6 Å². The van der Waals surface area contributed by atoms with Gasteiger partial charge in [-0.2, -0.15) is 0 Å². The van der Waals surface area contributed by atoms with E-state index in [9.17, 15) is 0 Å². The van der Waals surface area contributed by atoms with Gasteiger partial charge in [0.15, 0.2) is 0 Å². The summed E-state index contributed by atoms with van der Waals surface area (Å²) in [6.07, 6.45) is 7.77. The van der Waals surface area contributed by atoms with Crippen LogP contribution in [0, 0.1) is 0 Å². The van der Waals surface area contributed by atoms with Gasteiger partial charge in [0, 0.05) is 42.6 Å². The van der Waals surface area contributed by atoms with Crippen molar-refractivity contribution in [2.75, 3.05) is 32.6 Å². The molecule has 0 radical (unpaired) electrons. The van der Waals surface area contributed by atoms with Gasteiger partial charge in [0.25, 0.3) is 0 Å². The Morgan fingerprint density at radius 2 is 1.96 bits per heavy atom. The van der Waals surface area contributed by atoms with E-state index in [1.54, 1.807) is 6.08 Å². The third kappa shape index (κ3) is 6.03. The summed E-state index contributed by atoms with van der Waals surface area (Å²) in [4.78, 5) is 0. The lowest BCUT2D eigenvalue weighted by molar-refractivity contribution is 0.315. The molecule has 0 atom stereocenters. The first-order valence-corrected chi connectivity index (χ1v) is 9.60. The number of rotatable bonds is 11. The fraction of sp³-hybridized carbons (Fsp3) is 0.250. The normalized spacial score (nSPS) is 11.5. The summed E-state index contributed by atoms with van der Waals surface area (Å²) < 4.78 is 6.08. The zero-order valence-electron chi connectivity index (χ0n) is 17.1. The molecule has 0 fully saturated rings. The van der Waals surface area contributed by atoms with Crippen molar-refractivity contribution in [3.63, 3.8) is 0 Å². The first kappa shape index (κ1) is 21.3. The van der Waals surface area contributed by atoms with Gasteiger partial charge >= 0.3 is 0 Å². The average molecular weight is 378 g/mol. The van der Waals surface area contributed by atoms with E-state index in [1.165, 1.54) is 0 Å². The average Bonchev–Trinajstić information content (AvgIpc) is 2.73. The van der Waals surface area contributed by atoms with E-state index in [0.717, 1.165) is 40.4 Å². The Labute approximate surface area is 169 Å². The minimum absolute atomic E-state index is 0.616. The van der Waals surface area contributed by atoms with Gasteiger partial charge in [-0.15, -0.1) is 0 Å². The molecule has 4 heteroatoms. The van der Waals surface area contributed by atoms with E-state index in [-0.39, 0.29) is 0 Å². The first-order valence-electron chi connectivity index (χ1n) is 9.60. The zero-order chi connectivity index (χ0) is 20.2. The maximum atomic E-state index is 6.08. The molecule has 0 heterocycles. The van der Waals surface area contributed by atoms with E-state index in [2.05, 4.69) is 58.9 Å². The molecule has 2 aromatic rings. The van der Waals surface area contributed by atoms with Gasteiger partial charge in [-0.3, -0.25) is 0 Å². The molecule has 2 rings (SSSR count). The SMILES string of the molecule is C=C/C=C(\C=C/C)NCc1ccc(-c2ccccc2NC)cc1OCCNC. The number of allylic oxidation sites excluding steroid dienone is 4. The Morgan fingerprint density at radius 3 is 2.68 bits per heavy atom. The van der Waals surface area contributed by atoms with E-state index < -0.39 is 0 Å². The molecule has 0 aliphatic rings. The lowest BCUT2D eigenvalue weighted by Gasteiger charge is -2.16. The van der Waals surface area contributed by atoms with E-state index in [1.807, 2.05) is 45.3 Å². The van der Waals surface area contributed by atoms with Crippen LogP contribution in [0.3, 0.4) is 0 Å².